The summed E-state index contributed by atoms with van der Waals surface area (Å²) in [6, 6.07) is 10.7. The molecule has 1 aromatic rings. The van der Waals surface area contributed by atoms with Crippen molar-refractivity contribution < 1.29 is 4.79 Å². The molecule has 3 nitrogen and oxygen atoms in total. The van der Waals surface area contributed by atoms with Crippen LogP contribution in [0, 0.1) is 11.8 Å². The van der Waals surface area contributed by atoms with E-state index >= 15 is 0 Å². The molecule has 1 aliphatic carbocycles. The predicted molar refractivity (Wildman–Crippen MR) is 75.5 cm³/mol. The molecule has 3 atom stereocenters. The van der Waals surface area contributed by atoms with Gasteiger partial charge in [-0.1, -0.05) is 30.3 Å². The molecule has 1 heterocycles. The number of nitrogens with zero attached hydrogens (tertiary/aromatic N) is 1. The number of rotatable bonds is 4. The summed E-state index contributed by atoms with van der Waals surface area (Å²) < 4.78 is 0. The fourth-order valence-corrected chi connectivity index (χ4v) is 3.97. The van der Waals surface area contributed by atoms with E-state index in [-0.39, 0.29) is 5.54 Å². The number of benzene rings is 1. The second kappa shape index (κ2) is 4.97. The van der Waals surface area contributed by atoms with Crippen LogP contribution in [0.3, 0.4) is 0 Å². The molecule has 2 fully saturated rings. The van der Waals surface area contributed by atoms with Crippen molar-refractivity contribution in [2.75, 3.05) is 13.1 Å². The quantitative estimate of drug-likeness (QED) is 0.838. The van der Waals surface area contributed by atoms with Crippen molar-refractivity contribution in [1.82, 2.24) is 10.2 Å². The SMILES string of the molecule is CC1(NC=O)C[C@H]2CN(Cc3ccccc3)C[C@H]2C1. The van der Waals surface area contributed by atoms with Crippen molar-refractivity contribution in [3.8, 4) is 0 Å². The van der Waals surface area contributed by atoms with E-state index < -0.39 is 0 Å². The lowest BCUT2D eigenvalue weighted by Crippen LogP contribution is -2.40. The van der Waals surface area contributed by atoms with Gasteiger partial charge in [0.05, 0.1) is 0 Å². The third-order valence-electron chi connectivity index (χ3n) is 4.73. The minimum absolute atomic E-state index is 0.0376. The van der Waals surface area contributed by atoms with Crippen LogP contribution in [0.1, 0.15) is 25.3 Å². The molecule has 1 saturated heterocycles. The Morgan fingerprint density at radius 1 is 1.26 bits per heavy atom. The van der Waals surface area contributed by atoms with Gasteiger partial charge in [0, 0.05) is 25.2 Å². The van der Waals surface area contributed by atoms with Gasteiger partial charge in [-0.15, -0.1) is 0 Å². The highest BCUT2D eigenvalue weighted by Crippen LogP contribution is 2.43. The van der Waals surface area contributed by atoms with Gasteiger partial charge >= 0.3 is 0 Å². The number of hydrogen-bond donors (Lipinski definition) is 1. The number of nitrogens with one attached hydrogen (secondary N) is 1. The van der Waals surface area contributed by atoms with E-state index in [4.69, 9.17) is 0 Å². The largest absolute Gasteiger partial charge is 0.354 e. The summed E-state index contributed by atoms with van der Waals surface area (Å²) in [4.78, 5) is 13.2. The number of fused-ring (bicyclic) bond motifs is 1. The summed E-state index contributed by atoms with van der Waals surface area (Å²) in [7, 11) is 0. The fraction of sp³-hybridized carbons (Fsp3) is 0.562. The maximum atomic E-state index is 10.7. The summed E-state index contributed by atoms with van der Waals surface area (Å²) in [6.07, 6.45) is 3.12. The van der Waals surface area contributed by atoms with Gasteiger partial charge in [-0.25, -0.2) is 0 Å². The molecule has 0 spiro atoms. The van der Waals surface area contributed by atoms with Crippen molar-refractivity contribution in [2.24, 2.45) is 11.8 Å². The number of amides is 1. The molecule has 1 aromatic carbocycles. The maximum Gasteiger partial charge on any atom is 0.207 e. The molecule has 102 valence electrons. The zero-order valence-corrected chi connectivity index (χ0v) is 11.5. The molecule has 1 aliphatic heterocycles. The zero-order chi connectivity index (χ0) is 13.3. The van der Waals surface area contributed by atoms with Crippen molar-refractivity contribution in [1.29, 1.82) is 0 Å². The zero-order valence-electron chi connectivity index (χ0n) is 11.5. The molecule has 0 bridgehead atoms. The highest BCUT2D eigenvalue weighted by Gasteiger charge is 2.46. The molecule has 1 saturated carbocycles. The minimum atomic E-state index is 0.0376. The van der Waals surface area contributed by atoms with Gasteiger partial charge in [-0.05, 0) is 37.2 Å². The van der Waals surface area contributed by atoms with E-state index in [1.54, 1.807) is 0 Å². The van der Waals surface area contributed by atoms with Crippen LogP contribution in [-0.2, 0) is 11.3 Å². The van der Waals surface area contributed by atoms with E-state index in [1.807, 2.05) is 0 Å². The fourth-order valence-electron chi connectivity index (χ4n) is 3.97. The van der Waals surface area contributed by atoms with Crippen molar-refractivity contribution in [2.45, 2.75) is 31.8 Å². The van der Waals surface area contributed by atoms with Crippen LogP contribution in [0.5, 0.6) is 0 Å². The Labute approximate surface area is 115 Å². The number of hydrogen-bond acceptors (Lipinski definition) is 2. The Balaban J connectivity index is 1.58. The van der Waals surface area contributed by atoms with Gasteiger partial charge in [0.25, 0.3) is 0 Å². The summed E-state index contributed by atoms with van der Waals surface area (Å²) in [6.45, 7) is 5.60. The average molecular weight is 258 g/mol. The first-order valence-electron chi connectivity index (χ1n) is 7.16. The van der Waals surface area contributed by atoms with Gasteiger partial charge in [-0.2, -0.15) is 0 Å². The van der Waals surface area contributed by atoms with Crippen LogP contribution in [0.15, 0.2) is 30.3 Å². The van der Waals surface area contributed by atoms with Gasteiger partial charge in [0.15, 0.2) is 0 Å². The minimum Gasteiger partial charge on any atom is -0.354 e. The van der Waals surface area contributed by atoms with Crippen molar-refractivity contribution in [3.05, 3.63) is 35.9 Å². The first kappa shape index (κ1) is 12.7. The lowest BCUT2D eigenvalue weighted by molar-refractivity contribution is -0.111. The molecular formula is C16H22N2O. The standard InChI is InChI=1S/C16H22N2O/c1-16(17-12-19)7-14-10-18(11-15(14)8-16)9-13-5-3-2-4-6-13/h2-6,12,14-15H,7-11H2,1H3,(H,17,19)/t14-,15+,16?. The molecule has 1 amide bonds. The summed E-state index contributed by atoms with van der Waals surface area (Å²) in [5, 5.41) is 3.01. The van der Waals surface area contributed by atoms with Crippen LogP contribution in [0.4, 0.5) is 0 Å². The maximum absolute atomic E-state index is 10.7. The van der Waals surface area contributed by atoms with E-state index in [2.05, 4.69) is 47.5 Å². The number of carbonyl (C=O) groups excluding carboxylic acids is 1. The Morgan fingerprint density at radius 3 is 2.47 bits per heavy atom. The smallest absolute Gasteiger partial charge is 0.207 e. The van der Waals surface area contributed by atoms with Gasteiger partial charge in [0.2, 0.25) is 6.41 Å². The summed E-state index contributed by atoms with van der Waals surface area (Å²) in [5.41, 5.74) is 1.44. The molecule has 0 radical (unpaired) electrons. The lowest BCUT2D eigenvalue weighted by atomic mass is 9.98. The Hall–Kier alpha value is -1.35. The molecule has 1 N–H and O–H groups in total. The van der Waals surface area contributed by atoms with E-state index in [1.165, 1.54) is 18.7 Å². The first-order valence-corrected chi connectivity index (χ1v) is 7.16. The average Bonchev–Trinajstić information content (AvgIpc) is 2.85. The van der Waals surface area contributed by atoms with Crippen molar-refractivity contribution in [3.63, 3.8) is 0 Å². The summed E-state index contributed by atoms with van der Waals surface area (Å²) in [5.74, 6) is 1.50. The third kappa shape index (κ3) is 2.66. The normalized spacial score (nSPS) is 34.2. The highest BCUT2D eigenvalue weighted by molar-refractivity contribution is 5.48. The molecule has 2 aliphatic rings. The molecule has 19 heavy (non-hydrogen) atoms. The van der Waals surface area contributed by atoms with E-state index in [9.17, 15) is 4.79 Å². The Morgan fingerprint density at radius 2 is 1.89 bits per heavy atom. The Bertz CT molecular complexity index is 431. The molecule has 0 aromatic heterocycles. The topological polar surface area (TPSA) is 32.3 Å². The van der Waals surface area contributed by atoms with Crippen molar-refractivity contribution >= 4 is 6.41 Å². The molecule has 1 unspecified atom stereocenters. The second-order valence-corrected chi connectivity index (χ2v) is 6.43. The highest BCUT2D eigenvalue weighted by atomic mass is 16.1. The van der Waals surface area contributed by atoms with E-state index in [0.717, 1.165) is 37.6 Å². The van der Waals surface area contributed by atoms with Gasteiger partial charge in [-0.3, -0.25) is 9.69 Å². The van der Waals surface area contributed by atoms with Crippen LogP contribution >= 0.6 is 0 Å². The van der Waals surface area contributed by atoms with Gasteiger partial charge < -0.3 is 5.32 Å². The monoisotopic (exact) mass is 258 g/mol. The predicted octanol–water partition coefficient (Wildman–Crippen LogP) is 2.03. The number of carbonyl (C=O) groups is 1. The van der Waals surface area contributed by atoms with Crippen LogP contribution in [-0.4, -0.2) is 29.9 Å². The van der Waals surface area contributed by atoms with E-state index in [0.29, 0.717) is 0 Å². The lowest BCUT2D eigenvalue weighted by Gasteiger charge is -2.26. The Kier molecular flexibility index (Phi) is 3.31. The number of likely N-dealkylation sites (tertiary alicyclic amines) is 1. The van der Waals surface area contributed by atoms with Crippen LogP contribution in [0.25, 0.3) is 0 Å². The third-order valence-corrected chi connectivity index (χ3v) is 4.73. The summed E-state index contributed by atoms with van der Waals surface area (Å²) >= 11 is 0. The molecule has 3 heteroatoms. The van der Waals surface area contributed by atoms with Crippen LogP contribution < -0.4 is 5.32 Å². The van der Waals surface area contributed by atoms with Crippen LogP contribution in [0.2, 0.25) is 0 Å². The van der Waals surface area contributed by atoms with Gasteiger partial charge in [0.1, 0.15) is 0 Å². The second-order valence-electron chi connectivity index (χ2n) is 6.43. The molecular weight excluding hydrogens is 236 g/mol. The molecule has 3 rings (SSSR count). The first-order chi connectivity index (χ1) is 9.18.